The molecule has 0 saturated heterocycles. The Labute approximate surface area is 147 Å². The van der Waals surface area contributed by atoms with E-state index in [1.807, 2.05) is 42.8 Å². The van der Waals surface area contributed by atoms with Crippen molar-refractivity contribution in [3.8, 4) is 0 Å². The fraction of sp³-hybridized carbons (Fsp3) is 0.474. The number of unbranched alkanes of at least 4 members (excludes halogenated alkanes) is 1. The Morgan fingerprint density at radius 1 is 1.38 bits per heavy atom. The van der Waals surface area contributed by atoms with Crippen LogP contribution in [0.5, 0.6) is 0 Å². The molecule has 2 rings (SSSR count). The second-order valence-corrected chi connectivity index (χ2v) is 6.92. The number of benzene rings is 1. The molecule has 0 radical (unpaired) electrons. The minimum Gasteiger partial charge on any atom is -0.462 e. The van der Waals surface area contributed by atoms with E-state index in [0.29, 0.717) is 0 Å². The van der Waals surface area contributed by atoms with Gasteiger partial charge in [0.25, 0.3) is 0 Å². The van der Waals surface area contributed by atoms with Gasteiger partial charge in [-0.15, -0.1) is 11.3 Å². The number of carbonyl (C=O) groups is 1. The summed E-state index contributed by atoms with van der Waals surface area (Å²) in [5, 5.41) is 2.07. The molecule has 0 aliphatic rings. The number of esters is 1. The molecule has 1 unspecified atom stereocenters. The summed E-state index contributed by atoms with van der Waals surface area (Å²) >= 11 is 1.60. The van der Waals surface area contributed by atoms with E-state index >= 15 is 0 Å². The average molecular weight is 346 g/mol. The molecule has 4 nitrogen and oxygen atoms in total. The second-order valence-electron chi connectivity index (χ2n) is 6.08. The fourth-order valence-electron chi connectivity index (χ4n) is 2.39. The molecule has 0 fully saturated rings. The van der Waals surface area contributed by atoms with Crippen LogP contribution in [0.3, 0.4) is 0 Å². The maximum absolute atomic E-state index is 12.2. The Morgan fingerprint density at radius 3 is 2.79 bits per heavy atom. The van der Waals surface area contributed by atoms with Gasteiger partial charge in [-0.3, -0.25) is 4.79 Å². The molecule has 24 heavy (non-hydrogen) atoms. The highest BCUT2D eigenvalue weighted by atomic mass is 32.1. The van der Waals surface area contributed by atoms with Crippen LogP contribution in [0, 0.1) is 6.92 Å². The van der Waals surface area contributed by atoms with Crippen molar-refractivity contribution in [2.45, 2.75) is 52.6 Å². The zero-order valence-corrected chi connectivity index (χ0v) is 15.7. The van der Waals surface area contributed by atoms with Crippen LogP contribution >= 0.6 is 11.3 Å². The molecule has 0 amide bonds. The number of aryl methyl sites for hydroxylation is 1. The van der Waals surface area contributed by atoms with Gasteiger partial charge in [0.15, 0.2) is 4.80 Å². The van der Waals surface area contributed by atoms with Crippen molar-refractivity contribution >= 4 is 23.0 Å². The van der Waals surface area contributed by atoms with Crippen molar-refractivity contribution < 1.29 is 9.53 Å². The zero-order valence-electron chi connectivity index (χ0n) is 14.9. The molecule has 0 saturated carbocycles. The number of hydrogen-bond acceptors (Lipinski definition) is 4. The van der Waals surface area contributed by atoms with Crippen LogP contribution in [0.1, 0.15) is 44.4 Å². The molecule has 0 aliphatic carbocycles. The first kappa shape index (κ1) is 18.5. The smallest absolute Gasteiger partial charge is 0.310 e. The van der Waals surface area contributed by atoms with Gasteiger partial charge in [0.2, 0.25) is 0 Å². The highest BCUT2D eigenvalue weighted by Gasteiger charge is 2.12. The number of nitrogens with zero attached hydrogens (tertiary/aromatic N) is 2. The highest BCUT2D eigenvalue weighted by molar-refractivity contribution is 7.07. The van der Waals surface area contributed by atoms with Gasteiger partial charge < -0.3 is 9.30 Å². The topological polar surface area (TPSA) is 43.6 Å². The zero-order chi connectivity index (χ0) is 17.5. The number of ether oxygens (including phenoxy) is 1. The summed E-state index contributed by atoms with van der Waals surface area (Å²) in [4.78, 5) is 17.8. The van der Waals surface area contributed by atoms with Gasteiger partial charge in [-0.25, -0.2) is 4.99 Å². The Kier molecular flexibility index (Phi) is 6.79. The van der Waals surface area contributed by atoms with Gasteiger partial charge in [0, 0.05) is 18.1 Å². The predicted molar refractivity (Wildman–Crippen MR) is 98.5 cm³/mol. The number of aromatic nitrogens is 1. The van der Waals surface area contributed by atoms with Crippen molar-refractivity contribution in [3.05, 3.63) is 45.7 Å². The summed E-state index contributed by atoms with van der Waals surface area (Å²) in [6, 6.07) is 7.76. The van der Waals surface area contributed by atoms with Crippen LogP contribution in [0.2, 0.25) is 0 Å². The molecule has 1 atom stereocenters. The van der Waals surface area contributed by atoms with E-state index < -0.39 is 0 Å². The monoisotopic (exact) mass is 346 g/mol. The molecular formula is C19H26N2O2S. The summed E-state index contributed by atoms with van der Waals surface area (Å²) in [6.07, 6.45) is 3.33. The van der Waals surface area contributed by atoms with Crippen LogP contribution < -0.4 is 4.80 Å². The standard InChI is InChI=1S/C19H26N2O2S/c1-5-6-9-15(3)23-18(22)12-16-10-7-8-11-17(16)20-19-21(4)14(2)13-24-19/h7-8,10-11,13,15H,5-6,9,12H2,1-4H3. The number of thiazole rings is 1. The lowest BCUT2D eigenvalue weighted by Crippen LogP contribution is -2.17. The maximum Gasteiger partial charge on any atom is 0.310 e. The maximum atomic E-state index is 12.2. The molecule has 0 aliphatic heterocycles. The second kappa shape index (κ2) is 8.83. The Hall–Kier alpha value is -1.88. The van der Waals surface area contributed by atoms with Crippen LogP contribution in [0.25, 0.3) is 0 Å². The van der Waals surface area contributed by atoms with Crippen LogP contribution in [0.4, 0.5) is 5.69 Å². The number of carbonyl (C=O) groups excluding carboxylic acids is 1. The molecule has 0 spiro atoms. The molecule has 130 valence electrons. The van der Waals surface area contributed by atoms with Crippen molar-refractivity contribution in [2.75, 3.05) is 0 Å². The van der Waals surface area contributed by atoms with Gasteiger partial charge in [0.05, 0.1) is 18.2 Å². The van der Waals surface area contributed by atoms with Gasteiger partial charge in [-0.2, -0.15) is 0 Å². The molecule has 1 aromatic carbocycles. The summed E-state index contributed by atoms with van der Waals surface area (Å²) < 4.78 is 7.55. The van der Waals surface area contributed by atoms with Crippen molar-refractivity contribution in [1.82, 2.24) is 4.57 Å². The molecule has 0 N–H and O–H groups in total. The van der Waals surface area contributed by atoms with Crippen molar-refractivity contribution in [1.29, 1.82) is 0 Å². The van der Waals surface area contributed by atoms with E-state index in [1.54, 1.807) is 11.3 Å². The average Bonchev–Trinajstić information content (AvgIpc) is 2.86. The highest BCUT2D eigenvalue weighted by Crippen LogP contribution is 2.20. The summed E-state index contributed by atoms with van der Waals surface area (Å²) in [7, 11) is 2.00. The van der Waals surface area contributed by atoms with Gasteiger partial charge >= 0.3 is 5.97 Å². The molecule has 1 aromatic heterocycles. The SMILES string of the molecule is CCCCC(C)OC(=O)Cc1ccccc1N=c1scc(C)n1C. The third kappa shape index (κ3) is 5.06. The van der Waals surface area contributed by atoms with Gasteiger partial charge in [-0.05, 0) is 31.9 Å². The van der Waals surface area contributed by atoms with E-state index in [9.17, 15) is 4.79 Å². The number of para-hydroxylation sites is 1. The van der Waals surface area contributed by atoms with Crippen molar-refractivity contribution in [3.63, 3.8) is 0 Å². The molecule has 2 aromatic rings. The van der Waals surface area contributed by atoms with Crippen LogP contribution in [-0.2, 0) is 23.0 Å². The van der Waals surface area contributed by atoms with Crippen LogP contribution in [0.15, 0.2) is 34.6 Å². The molecular weight excluding hydrogens is 320 g/mol. The lowest BCUT2D eigenvalue weighted by molar-refractivity contribution is -0.147. The minimum atomic E-state index is -0.187. The van der Waals surface area contributed by atoms with Gasteiger partial charge in [-0.1, -0.05) is 38.0 Å². The Balaban J connectivity index is 2.13. The lowest BCUT2D eigenvalue weighted by atomic mass is 10.1. The Morgan fingerprint density at radius 2 is 2.12 bits per heavy atom. The summed E-state index contributed by atoms with van der Waals surface area (Å²) in [6.45, 7) is 6.15. The molecule has 0 bridgehead atoms. The third-order valence-electron chi connectivity index (χ3n) is 3.99. The third-order valence-corrected chi connectivity index (χ3v) is 5.03. The van der Waals surface area contributed by atoms with E-state index in [2.05, 4.69) is 19.2 Å². The van der Waals surface area contributed by atoms with E-state index in [1.165, 1.54) is 5.69 Å². The summed E-state index contributed by atoms with van der Waals surface area (Å²) in [5.41, 5.74) is 2.89. The lowest BCUT2D eigenvalue weighted by Gasteiger charge is -2.13. The van der Waals surface area contributed by atoms with E-state index in [-0.39, 0.29) is 18.5 Å². The first-order valence-corrected chi connectivity index (χ1v) is 9.32. The molecule has 5 heteroatoms. The minimum absolute atomic E-state index is 0.0284. The van der Waals surface area contributed by atoms with E-state index in [0.717, 1.165) is 35.3 Å². The number of hydrogen-bond donors (Lipinski definition) is 0. The van der Waals surface area contributed by atoms with Gasteiger partial charge in [0.1, 0.15) is 0 Å². The first-order valence-electron chi connectivity index (χ1n) is 8.44. The quantitative estimate of drug-likeness (QED) is 0.702. The predicted octanol–water partition coefficient (Wildman–Crippen LogP) is 4.29. The summed E-state index contributed by atoms with van der Waals surface area (Å²) in [5.74, 6) is -0.187. The number of rotatable bonds is 7. The Bertz CT molecular complexity index is 746. The normalized spacial score (nSPS) is 13.1. The molecule has 1 heterocycles. The van der Waals surface area contributed by atoms with Crippen LogP contribution in [-0.4, -0.2) is 16.6 Å². The fourth-order valence-corrected chi connectivity index (χ4v) is 3.28. The van der Waals surface area contributed by atoms with E-state index in [4.69, 9.17) is 9.73 Å². The van der Waals surface area contributed by atoms with Crippen molar-refractivity contribution in [2.24, 2.45) is 12.0 Å². The first-order chi connectivity index (χ1) is 11.5. The largest absolute Gasteiger partial charge is 0.462 e.